The molecule has 0 aliphatic rings. The van der Waals surface area contributed by atoms with Gasteiger partial charge < -0.3 is 0 Å². The Morgan fingerprint density at radius 3 is 2.15 bits per heavy atom. The zero-order valence-corrected chi connectivity index (χ0v) is 8.93. The van der Waals surface area contributed by atoms with Crippen LogP contribution in [0.2, 0.25) is 11.6 Å². The molecule has 0 radical (unpaired) electrons. The maximum atomic E-state index is 13.2. The fourth-order valence-corrected chi connectivity index (χ4v) is 2.21. The van der Waals surface area contributed by atoms with Crippen molar-refractivity contribution in [3.8, 4) is 12.1 Å². The Morgan fingerprint density at radius 2 is 1.92 bits per heavy atom. The van der Waals surface area contributed by atoms with E-state index in [4.69, 9.17) is 10.5 Å². The average Bonchev–Trinajstić information content (AvgIpc) is 2.01. The predicted octanol–water partition coefficient (Wildman–Crippen LogP) is 2.83. The van der Waals surface area contributed by atoms with Crippen LogP contribution in [0.25, 0.3) is 0 Å². The smallest absolute Gasteiger partial charge is 0.270 e. The standard InChI is InChI=1S/C8H12F2N2Si/c1-7(6-12)8(2,4-5-11)13(3,9)10/h7H,4H2,1-3H3. The molecule has 0 aliphatic heterocycles. The minimum absolute atomic E-state index is 0.253. The van der Waals surface area contributed by atoms with E-state index in [0.717, 1.165) is 6.55 Å². The van der Waals surface area contributed by atoms with E-state index in [0.29, 0.717) is 0 Å². The van der Waals surface area contributed by atoms with E-state index in [-0.39, 0.29) is 6.42 Å². The van der Waals surface area contributed by atoms with Gasteiger partial charge in [0.2, 0.25) is 0 Å². The van der Waals surface area contributed by atoms with Gasteiger partial charge in [0.05, 0.1) is 18.1 Å². The molecule has 0 aromatic rings. The van der Waals surface area contributed by atoms with Gasteiger partial charge in [0.1, 0.15) is 0 Å². The van der Waals surface area contributed by atoms with Crippen LogP contribution in [-0.4, -0.2) is 8.74 Å². The van der Waals surface area contributed by atoms with Gasteiger partial charge >= 0.3 is 8.74 Å². The molecular weight excluding hydrogens is 190 g/mol. The highest BCUT2D eigenvalue weighted by atomic mass is 28.4. The van der Waals surface area contributed by atoms with Crippen LogP contribution >= 0.6 is 0 Å². The summed E-state index contributed by atoms with van der Waals surface area (Å²) in [7, 11) is -4.46. The van der Waals surface area contributed by atoms with Crippen LogP contribution in [-0.2, 0) is 0 Å². The summed E-state index contributed by atoms with van der Waals surface area (Å²) in [5.74, 6) is -0.779. The van der Waals surface area contributed by atoms with Gasteiger partial charge in [0, 0.05) is 11.5 Å². The minimum atomic E-state index is -4.46. The Hall–Kier alpha value is -0.943. The van der Waals surface area contributed by atoms with E-state index < -0.39 is 19.7 Å². The summed E-state index contributed by atoms with van der Waals surface area (Å²) in [5, 5.41) is 15.6. The zero-order valence-electron chi connectivity index (χ0n) is 7.93. The first-order valence-electron chi connectivity index (χ1n) is 3.94. The number of rotatable bonds is 3. The Bertz CT molecular complexity index is 261. The summed E-state index contributed by atoms with van der Waals surface area (Å²) >= 11 is 0. The summed E-state index contributed by atoms with van der Waals surface area (Å²) in [5.41, 5.74) is 0. The highest BCUT2D eigenvalue weighted by Crippen LogP contribution is 2.48. The van der Waals surface area contributed by atoms with E-state index in [9.17, 15) is 8.22 Å². The Balaban J connectivity index is 5.00. The Morgan fingerprint density at radius 1 is 1.46 bits per heavy atom. The number of halogens is 2. The van der Waals surface area contributed by atoms with Crippen molar-refractivity contribution >= 4 is 8.74 Å². The van der Waals surface area contributed by atoms with Gasteiger partial charge in [-0.25, -0.2) is 0 Å². The molecule has 0 saturated heterocycles. The van der Waals surface area contributed by atoms with Crippen LogP contribution < -0.4 is 0 Å². The van der Waals surface area contributed by atoms with E-state index in [2.05, 4.69) is 0 Å². The van der Waals surface area contributed by atoms with Crippen molar-refractivity contribution in [1.82, 2.24) is 0 Å². The summed E-state index contributed by atoms with van der Waals surface area (Å²) in [6.45, 7) is 3.66. The molecular formula is C8H12F2N2Si. The molecule has 0 spiro atoms. The fraction of sp³-hybridized carbons (Fsp3) is 0.750. The first-order chi connectivity index (χ1) is 5.79. The van der Waals surface area contributed by atoms with Crippen LogP contribution in [0.4, 0.5) is 8.22 Å². The molecule has 0 heterocycles. The molecule has 0 fully saturated rings. The lowest BCUT2D eigenvalue weighted by Crippen LogP contribution is -2.39. The number of nitrogens with zero attached hydrogens (tertiary/aromatic N) is 2. The van der Waals surface area contributed by atoms with Gasteiger partial charge in [-0.05, 0) is 13.5 Å². The first kappa shape index (κ1) is 12.1. The molecule has 0 bridgehead atoms. The monoisotopic (exact) mass is 202 g/mol. The molecule has 2 unspecified atom stereocenters. The molecule has 0 aliphatic carbocycles. The largest absolute Gasteiger partial charge is 0.429 e. The lowest BCUT2D eigenvalue weighted by atomic mass is 9.93. The fourth-order valence-electron chi connectivity index (χ4n) is 0.995. The van der Waals surface area contributed by atoms with E-state index in [1.807, 2.05) is 0 Å². The third-order valence-corrected chi connectivity index (χ3v) is 5.21. The van der Waals surface area contributed by atoms with Gasteiger partial charge in [0.15, 0.2) is 0 Å². The van der Waals surface area contributed by atoms with Crippen molar-refractivity contribution in [3.05, 3.63) is 0 Å². The second-order valence-corrected chi connectivity index (χ2v) is 6.41. The van der Waals surface area contributed by atoms with Gasteiger partial charge in [-0.2, -0.15) is 10.5 Å². The van der Waals surface area contributed by atoms with Gasteiger partial charge in [-0.15, -0.1) is 0 Å². The van der Waals surface area contributed by atoms with Gasteiger partial charge in [-0.3, -0.25) is 8.22 Å². The van der Waals surface area contributed by atoms with Crippen molar-refractivity contribution in [2.45, 2.75) is 31.9 Å². The van der Waals surface area contributed by atoms with Gasteiger partial charge in [-0.1, -0.05) is 6.92 Å². The van der Waals surface area contributed by atoms with E-state index in [1.165, 1.54) is 13.8 Å². The zero-order chi connectivity index (χ0) is 10.7. The first-order valence-corrected chi connectivity index (χ1v) is 6.19. The van der Waals surface area contributed by atoms with Crippen molar-refractivity contribution in [2.24, 2.45) is 5.92 Å². The average molecular weight is 202 g/mol. The summed E-state index contributed by atoms with van der Waals surface area (Å²) < 4.78 is 26.5. The predicted molar refractivity (Wildman–Crippen MR) is 47.2 cm³/mol. The molecule has 2 nitrogen and oxygen atoms in total. The van der Waals surface area contributed by atoms with Crippen LogP contribution in [0.1, 0.15) is 20.3 Å². The quantitative estimate of drug-likeness (QED) is 0.522. The summed E-state index contributed by atoms with van der Waals surface area (Å²) in [4.78, 5) is 0. The molecule has 0 N–H and O–H groups in total. The number of hydrogen-bond donors (Lipinski definition) is 0. The van der Waals surface area contributed by atoms with Gasteiger partial charge in [0.25, 0.3) is 0 Å². The van der Waals surface area contributed by atoms with Crippen molar-refractivity contribution in [2.75, 3.05) is 0 Å². The second-order valence-electron chi connectivity index (χ2n) is 3.49. The molecule has 0 aromatic carbocycles. The van der Waals surface area contributed by atoms with Crippen molar-refractivity contribution < 1.29 is 8.22 Å². The third-order valence-electron chi connectivity index (χ3n) is 2.60. The lowest BCUT2D eigenvalue weighted by molar-refractivity contribution is 0.396. The van der Waals surface area contributed by atoms with Crippen LogP contribution in [0.3, 0.4) is 0 Å². The highest BCUT2D eigenvalue weighted by Gasteiger charge is 2.53. The molecule has 5 heteroatoms. The van der Waals surface area contributed by atoms with E-state index in [1.54, 1.807) is 12.1 Å². The molecule has 0 rings (SSSR count). The second kappa shape index (κ2) is 3.84. The number of nitriles is 2. The highest BCUT2D eigenvalue weighted by molar-refractivity contribution is 6.68. The molecule has 0 aromatic heterocycles. The molecule has 0 amide bonds. The Kier molecular flexibility index (Phi) is 3.56. The van der Waals surface area contributed by atoms with E-state index >= 15 is 0 Å². The van der Waals surface area contributed by atoms with Crippen LogP contribution in [0.15, 0.2) is 0 Å². The number of hydrogen-bond acceptors (Lipinski definition) is 2. The minimum Gasteiger partial charge on any atom is -0.270 e. The van der Waals surface area contributed by atoms with Crippen molar-refractivity contribution in [3.63, 3.8) is 0 Å². The Labute approximate surface area is 78.1 Å². The maximum absolute atomic E-state index is 13.2. The summed E-state index contributed by atoms with van der Waals surface area (Å²) in [6.07, 6.45) is -0.253. The SMILES string of the molecule is CC(C#N)C(C)(CC#N)[Si](C)(F)F. The van der Waals surface area contributed by atoms with Crippen molar-refractivity contribution in [1.29, 1.82) is 10.5 Å². The topological polar surface area (TPSA) is 47.6 Å². The maximum Gasteiger partial charge on any atom is 0.429 e. The molecule has 0 saturated carbocycles. The van der Waals surface area contributed by atoms with Crippen LogP contribution in [0, 0.1) is 28.6 Å². The molecule has 2 atom stereocenters. The summed E-state index contributed by atoms with van der Waals surface area (Å²) in [6, 6.07) is 3.53. The third kappa shape index (κ3) is 2.25. The molecule has 13 heavy (non-hydrogen) atoms. The molecule has 72 valence electrons. The van der Waals surface area contributed by atoms with Crippen LogP contribution in [0.5, 0.6) is 0 Å². The lowest BCUT2D eigenvalue weighted by Gasteiger charge is -2.32. The normalized spacial score (nSPS) is 18.1.